The number of ether oxygens (including phenoxy) is 3. The van der Waals surface area contributed by atoms with Crippen LogP contribution in [0.25, 0.3) is 10.8 Å². The number of benzene rings is 4. The summed E-state index contributed by atoms with van der Waals surface area (Å²) < 4.78 is 16.8. The largest absolute Gasteiger partial charge is 0.492 e. The van der Waals surface area contributed by atoms with E-state index < -0.39 is 24.4 Å². The van der Waals surface area contributed by atoms with Gasteiger partial charge in [0.2, 0.25) is 5.91 Å². The topological polar surface area (TPSA) is 94.2 Å². The van der Waals surface area contributed by atoms with E-state index in [0.717, 1.165) is 16.5 Å². The second-order valence-corrected chi connectivity index (χ2v) is 9.06. The molecule has 1 aliphatic heterocycles. The average Bonchev–Trinajstić information content (AvgIpc) is 3.35. The lowest BCUT2D eigenvalue weighted by molar-refractivity contribution is -0.151. The van der Waals surface area contributed by atoms with Crippen LogP contribution in [-0.4, -0.2) is 37.5 Å². The molecule has 0 unspecified atom stereocenters. The summed E-state index contributed by atoms with van der Waals surface area (Å²) in [5, 5.41) is 4.78. The van der Waals surface area contributed by atoms with E-state index in [1.54, 1.807) is 53.4 Å². The predicted octanol–water partition coefficient (Wildman–Crippen LogP) is 5.57. The number of para-hydroxylation sites is 2. The molecule has 0 radical (unpaired) electrons. The minimum absolute atomic E-state index is 0.0158. The van der Waals surface area contributed by atoms with Gasteiger partial charge in [-0.15, -0.1) is 0 Å². The number of amides is 2. The molecule has 1 aliphatic rings. The van der Waals surface area contributed by atoms with Gasteiger partial charge in [-0.2, -0.15) is 0 Å². The summed E-state index contributed by atoms with van der Waals surface area (Å²) >= 11 is 0. The second kappa shape index (κ2) is 11.7. The van der Waals surface area contributed by atoms with E-state index in [-0.39, 0.29) is 18.9 Å². The van der Waals surface area contributed by atoms with Gasteiger partial charge in [0.25, 0.3) is 5.91 Å². The molecule has 5 rings (SSSR count). The minimum atomic E-state index is -0.660. The monoisotopic (exact) mass is 524 g/mol. The third kappa shape index (κ3) is 6.01. The molecule has 4 aromatic carbocycles. The Labute approximate surface area is 226 Å². The van der Waals surface area contributed by atoms with Crippen molar-refractivity contribution in [2.45, 2.75) is 13.3 Å². The smallest absolute Gasteiger partial charge is 0.311 e. The molecule has 1 atom stereocenters. The van der Waals surface area contributed by atoms with Crippen LogP contribution in [-0.2, 0) is 19.1 Å². The van der Waals surface area contributed by atoms with Gasteiger partial charge in [-0.1, -0.05) is 48.5 Å². The van der Waals surface area contributed by atoms with E-state index in [0.29, 0.717) is 29.5 Å². The molecule has 1 fully saturated rings. The maximum atomic E-state index is 12.7. The van der Waals surface area contributed by atoms with E-state index >= 15 is 0 Å². The molecule has 4 aromatic rings. The lowest BCUT2D eigenvalue weighted by atomic mass is 10.1. The molecular weight excluding hydrogens is 496 g/mol. The molecule has 0 aromatic heterocycles. The fraction of sp³-hybridized carbons (Fsp3) is 0.194. The van der Waals surface area contributed by atoms with Crippen LogP contribution >= 0.6 is 0 Å². The SMILES string of the molecule is CCOc1ccccc1NC(=O)COC(=O)[C@@H]1CC(=O)N(c2ccc(Oc3cccc4ccccc34)cc2)C1. The van der Waals surface area contributed by atoms with Crippen LogP contribution in [0.1, 0.15) is 13.3 Å². The van der Waals surface area contributed by atoms with Crippen LogP contribution in [0.5, 0.6) is 17.2 Å². The number of fused-ring (bicyclic) bond motifs is 1. The Morgan fingerprint density at radius 2 is 1.62 bits per heavy atom. The van der Waals surface area contributed by atoms with Gasteiger partial charge in [0.1, 0.15) is 17.2 Å². The molecule has 0 saturated carbocycles. The van der Waals surface area contributed by atoms with Gasteiger partial charge in [0, 0.05) is 24.0 Å². The van der Waals surface area contributed by atoms with Crippen molar-refractivity contribution in [3.63, 3.8) is 0 Å². The number of carbonyl (C=O) groups excluding carboxylic acids is 3. The Hall–Kier alpha value is -4.85. The van der Waals surface area contributed by atoms with Crippen molar-refractivity contribution in [3.05, 3.63) is 91.0 Å². The van der Waals surface area contributed by atoms with Crippen molar-refractivity contribution in [2.75, 3.05) is 30.0 Å². The van der Waals surface area contributed by atoms with Crippen LogP contribution in [0.15, 0.2) is 91.0 Å². The van der Waals surface area contributed by atoms with Crippen LogP contribution in [0.3, 0.4) is 0 Å². The standard InChI is InChI=1S/C31H28N2O6/c1-2-37-28-12-6-5-11-26(28)32-29(34)20-38-31(36)22-18-30(35)33(19-22)23-14-16-24(17-15-23)39-27-13-7-9-21-8-3-4-10-25(21)27/h3-17,22H,2,18-20H2,1H3,(H,32,34)/t22-/m1/s1. The highest BCUT2D eigenvalue weighted by Crippen LogP contribution is 2.32. The van der Waals surface area contributed by atoms with Gasteiger partial charge in [-0.25, -0.2) is 0 Å². The van der Waals surface area contributed by atoms with Crippen molar-refractivity contribution in [1.29, 1.82) is 0 Å². The fourth-order valence-corrected chi connectivity index (χ4v) is 4.51. The number of hydrogen-bond acceptors (Lipinski definition) is 6. The fourth-order valence-electron chi connectivity index (χ4n) is 4.51. The lowest BCUT2D eigenvalue weighted by Gasteiger charge is -2.17. The third-order valence-electron chi connectivity index (χ3n) is 6.39. The van der Waals surface area contributed by atoms with Gasteiger partial charge < -0.3 is 24.4 Å². The van der Waals surface area contributed by atoms with E-state index in [9.17, 15) is 14.4 Å². The zero-order valence-electron chi connectivity index (χ0n) is 21.5. The van der Waals surface area contributed by atoms with Crippen molar-refractivity contribution in [3.8, 4) is 17.2 Å². The first-order valence-electron chi connectivity index (χ1n) is 12.8. The number of rotatable bonds is 9. The Bertz CT molecular complexity index is 1500. The molecule has 0 bridgehead atoms. The van der Waals surface area contributed by atoms with Crippen LogP contribution in [0.2, 0.25) is 0 Å². The van der Waals surface area contributed by atoms with Crippen molar-refractivity contribution in [2.24, 2.45) is 5.92 Å². The molecule has 2 amide bonds. The summed E-state index contributed by atoms with van der Waals surface area (Å²) in [7, 11) is 0. The van der Waals surface area contributed by atoms with E-state index in [1.165, 1.54) is 0 Å². The summed E-state index contributed by atoms with van der Waals surface area (Å²) in [6.45, 7) is 2.02. The molecule has 0 aliphatic carbocycles. The maximum Gasteiger partial charge on any atom is 0.311 e. The zero-order chi connectivity index (χ0) is 27.2. The first kappa shape index (κ1) is 25.8. The van der Waals surface area contributed by atoms with E-state index in [4.69, 9.17) is 14.2 Å². The minimum Gasteiger partial charge on any atom is -0.492 e. The lowest BCUT2D eigenvalue weighted by Crippen LogP contribution is -2.28. The third-order valence-corrected chi connectivity index (χ3v) is 6.39. The highest BCUT2D eigenvalue weighted by molar-refractivity contribution is 6.00. The van der Waals surface area contributed by atoms with Crippen molar-refractivity contribution in [1.82, 2.24) is 0 Å². The van der Waals surface area contributed by atoms with Crippen molar-refractivity contribution >= 4 is 39.9 Å². The first-order valence-corrected chi connectivity index (χ1v) is 12.8. The molecule has 1 saturated heterocycles. The summed E-state index contributed by atoms with van der Waals surface area (Å²) in [6, 6.07) is 28.0. The van der Waals surface area contributed by atoms with Crippen molar-refractivity contribution < 1.29 is 28.6 Å². The number of carbonyl (C=O) groups is 3. The summed E-state index contributed by atoms with van der Waals surface area (Å²) in [5.41, 5.74) is 1.15. The second-order valence-electron chi connectivity index (χ2n) is 9.06. The highest BCUT2D eigenvalue weighted by Gasteiger charge is 2.36. The number of nitrogens with one attached hydrogen (secondary N) is 1. The van der Waals surface area contributed by atoms with Gasteiger partial charge >= 0.3 is 5.97 Å². The maximum absolute atomic E-state index is 12.7. The molecule has 0 spiro atoms. The molecule has 1 heterocycles. The van der Waals surface area contributed by atoms with Gasteiger partial charge in [0.05, 0.1) is 18.2 Å². The van der Waals surface area contributed by atoms with Crippen LogP contribution < -0.4 is 19.7 Å². The number of nitrogens with zero attached hydrogens (tertiary/aromatic N) is 1. The summed E-state index contributed by atoms with van der Waals surface area (Å²) in [5.74, 6) is -0.0120. The predicted molar refractivity (Wildman–Crippen MR) is 148 cm³/mol. The Kier molecular flexibility index (Phi) is 7.73. The number of esters is 1. The molecule has 8 nitrogen and oxygen atoms in total. The molecular formula is C31H28N2O6. The van der Waals surface area contributed by atoms with Crippen LogP contribution in [0, 0.1) is 5.92 Å². The van der Waals surface area contributed by atoms with E-state index in [2.05, 4.69) is 5.32 Å². The Morgan fingerprint density at radius 1 is 0.897 bits per heavy atom. The Balaban J connectivity index is 1.16. The zero-order valence-corrected chi connectivity index (χ0v) is 21.5. The van der Waals surface area contributed by atoms with Gasteiger partial charge in [0.15, 0.2) is 6.61 Å². The summed E-state index contributed by atoms with van der Waals surface area (Å²) in [6.07, 6.45) is 0.0158. The highest BCUT2D eigenvalue weighted by atomic mass is 16.5. The number of hydrogen-bond donors (Lipinski definition) is 1. The van der Waals surface area contributed by atoms with Gasteiger partial charge in [-0.05, 0) is 54.8 Å². The average molecular weight is 525 g/mol. The quantitative estimate of drug-likeness (QED) is 0.288. The molecule has 1 N–H and O–H groups in total. The van der Waals surface area contributed by atoms with Crippen LogP contribution in [0.4, 0.5) is 11.4 Å². The summed E-state index contributed by atoms with van der Waals surface area (Å²) in [4.78, 5) is 39.2. The molecule has 198 valence electrons. The molecule has 39 heavy (non-hydrogen) atoms. The van der Waals surface area contributed by atoms with E-state index in [1.807, 2.05) is 49.4 Å². The first-order chi connectivity index (χ1) is 19.0. The van der Waals surface area contributed by atoms with Gasteiger partial charge in [-0.3, -0.25) is 14.4 Å². The normalized spacial score (nSPS) is 14.7. The molecule has 8 heteroatoms. The Morgan fingerprint density at radius 3 is 2.44 bits per heavy atom. The number of anilines is 2.